The first kappa shape index (κ1) is 18.0. The molecule has 4 aromatic rings. The number of benzene rings is 1. The Bertz CT molecular complexity index is 1130. The molecule has 0 atom stereocenters. The van der Waals surface area contributed by atoms with E-state index in [1.54, 1.807) is 21.9 Å². The van der Waals surface area contributed by atoms with Crippen molar-refractivity contribution in [2.75, 3.05) is 31.1 Å². The second-order valence-electron chi connectivity index (χ2n) is 6.85. The maximum atomic E-state index is 13.0. The fraction of sp³-hybridized carbons (Fsp3) is 0.200. The Hall–Kier alpha value is -4.08. The normalized spacial score (nSPS) is 14.1. The van der Waals surface area contributed by atoms with Crippen LogP contribution in [0.25, 0.3) is 11.5 Å². The van der Waals surface area contributed by atoms with E-state index in [4.69, 9.17) is 0 Å². The minimum Gasteiger partial charge on any atom is -0.353 e. The van der Waals surface area contributed by atoms with Crippen LogP contribution in [0.1, 0.15) is 10.4 Å². The third-order valence-electron chi connectivity index (χ3n) is 5.04. The number of carbonyl (C=O) groups excluding carboxylic acids is 1. The first-order valence-corrected chi connectivity index (χ1v) is 9.59. The number of carbonyl (C=O) groups is 1. The van der Waals surface area contributed by atoms with Crippen molar-refractivity contribution in [3.63, 3.8) is 0 Å². The number of hydrogen-bond acceptors (Lipinski definition) is 7. The molecule has 30 heavy (non-hydrogen) atoms. The van der Waals surface area contributed by atoms with E-state index in [0.29, 0.717) is 37.6 Å². The maximum Gasteiger partial charge on any atom is 0.254 e. The van der Waals surface area contributed by atoms with Crippen LogP contribution in [-0.4, -0.2) is 71.5 Å². The largest absolute Gasteiger partial charge is 0.353 e. The fourth-order valence-corrected chi connectivity index (χ4v) is 3.49. The van der Waals surface area contributed by atoms with Crippen LogP contribution in [0.4, 0.5) is 5.82 Å². The molecule has 0 spiro atoms. The summed E-state index contributed by atoms with van der Waals surface area (Å²) in [5.74, 6) is 1.49. The van der Waals surface area contributed by atoms with Crippen LogP contribution in [0, 0.1) is 0 Å². The lowest BCUT2D eigenvalue weighted by molar-refractivity contribution is 0.0746. The van der Waals surface area contributed by atoms with E-state index in [9.17, 15) is 4.79 Å². The summed E-state index contributed by atoms with van der Waals surface area (Å²) >= 11 is 0. The van der Waals surface area contributed by atoms with Crippen molar-refractivity contribution in [2.45, 2.75) is 0 Å². The smallest absolute Gasteiger partial charge is 0.254 e. The van der Waals surface area contributed by atoms with Crippen molar-refractivity contribution in [3.05, 3.63) is 73.3 Å². The number of anilines is 1. The molecule has 1 fully saturated rings. The first-order chi connectivity index (χ1) is 14.8. The average Bonchev–Trinajstić information content (AvgIpc) is 3.54. The Kier molecular flexibility index (Phi) is 4.64. The molecule has 1 aliphatic rings. The summed E-state index contributed by atoms with van der Waals surface area (Å²) in [4.78, 5) is 29.6. The van der Waals surface area contributed by atoms with Crippen molar-refractivity contribution >= 4 is 11.7 Å². The molecule has 10 heteroatoms. The summed E-state index contributed by atoms with van der Waals surface area (Å²) in [7, 11) is 0. The molecule has 1 saturated heterocycles. The van der Waals surface area contributed by atoms with Crippen molar-refractivity contribution in [3.8, 4) is 11.5 Å². The minimum absolute atomic E-state index is 0.0228. The lowest BCUT2D eigenvalue weighted by atomic mass is 10.1. The van der Waals surface area contributed by atoms with E-state index in [0.717, 1.165) is 11.5 Å². The lowest BCUT2D eigenvalue weighted by Gasteiger charge is -2.35. The number of aromatic nitrogens is 7. The molecule has 0 aliphatic carbocycles. The third kappa shape index (κ3) is 3.50. The van der Waals surface area contributed by atoms with Gasteiger partial charge < -0.3 is 9.80 Å². The maximum absolute atomic E-state index is 13.0. The van der Waals surface area contributed by atoms with E-state index in [1.807, 2.05) is 47.5 Å². The van der Waals surface area contributed by atoms with Gasteiger partial charge in [0.05, 0.1) is 5.69 Å². The molecule has 10 nitrogen and oxygen atoms in total. The second-order valence-corrected chi connectivity index (χ2v) is 6.85. The van der Waals surface area contributed by atoms with Gasteiger partial charge in [-0.05, 0) is 24.3 Å². The highest BCUT2D eigenvalue weighted by atomic mass is 16.2. The Morgan fingerprint density at radius 2 is 1.73 bits per heavy atom. The molecule has 1 amide bonds. The molecular formula is C20H19N9O. The van der Waals surface area contributed by atoms with Crippen LogP contribution in [-0.2, 0) is 0 Å². The van der Waals surface area contributed by atoms with Gasteiger partial charge in [-0.15, -0.1) is 0 Å². The summed E-state index contributed by atoms with van der Waals surface area (Å²) in [6, 6.07) is 11.3. The number of nitrogens with zero attached hydrogens (tertiary/aromatic N) is 9. The molecule has 4 heterocycles. The molecule has 0 bridgehead atoms. The van der Waals surface area contributed by atoms with Gasteiger partial charge in [-0.25, -0.2) is 24.3 Å². The van der Waals surface area contributed by atoms with E-state index < -0.39 is 0 Å². The van der Waals surface area contributed by atoms with Gasteiger partial charge in [-0.1, -0.05) is 6.07 Å². The molecule has 1 aromatic carbocycles. The van der Waals surface area contributed by atoms with E-state index in [2.05, 4.69) is 30.0 Å². The monoisotopic (exact) mass is 401 g/mol. The molecule has 0 unspecified atom stereocenters. The van der Waals surface area contributed by atoms with Gasteiger partial charge in [0.2, 0.25) is 0 Å². The summed E-state index contributed by atoms with van der Waals surface area (Å²) in [5.41, 5.74) is 1.53. The number of rotatable bonds is 4. The van der Waals surface area contributed by atoms with Crippen LogP contribution < -0.4 is 4.90 Å². The number of hydrogen-bond donors (Lipinski definition) is 0. The molecular weight excluding hydrogens is 382 g/mol. The molecule has 3 aromatic heterocycles. The zero-order chi connectivity index (χ0) is 20.3. The Morgan fingerprint density at radius 3 is 2.50 bits per heavy atom. The molecule has 1 aliphatic heterocycles. The molecule has 150 valence electrons. The predicted molar refractivity (Wildman–Crippen MR) is 109 cm³/mol. The molecule has 0 N–H and O–H groups in total. The Balaban J connectivity index is 1.27. The Labute approximate surface area is 172 Å². The van der Waals surface area contributed by atoms with Crippen LogP contribution in [0.3, 0.4) is 0 Å². The van der Waals surface area contributed by atoms with E-state index in [-0.39, 0.29) is 5.91 Å². The predicted octanol–water partition coefficient (Wildman–Crippen LogP) is 1.21. The van der Waals surface area contributed by atoms with Crippen LogP contribution >= 0.6 is 0 Å². The minimum atomic E-state index is 0.0228. The van der Waals surface area contributed by atoms with Crippen LogP contribution in [0.15, 0.2) is 67.8 Å². The highest BCUT2D eigenvalue weighted by Gasteiger charge is 2.23. The van der Waals surface area contributed by atoms with Crippen LogP contribution in [0.2, 0.25) is 0 Å². The molecule has 0 saturated carbocycles. The summed E-state index contributed by atoms with van der Waals surface area (Å²) < 4.78 is 3.34. The quantitative estimate of drug-likeness (QED) is 0.507. The summed E-state index contributed by atoms with van der Waals surface area (Å²) in [6.45, 7) is 2.62. The van der Waals surface area contributed by atoms with Gasteiger partial charge in [0.1, 0.15) is 24.8 Å². The van der Waals surface area contributed by atoms with Crippen molar-refractivity contribution in [1.29, 1.82) is 0 Å². The summed E-state index contributed by atoms with van der Waals surface area (Å²) in [6.07, 6.45) is 8.16. The van der Waals surface area contributed by atoms with Gasteiger partial charge in [0.15, 0.2) is 5.82 Å². The zero-order valence-corrected chi connectivity index (χ0v) is 16.1. The standard InChI is InChI=1S/C20H19N9O/c30-20(16-3-1-4-17(11-16)28-6-2-5-24-28)27-9-7-26(8-10-27)18-12-19(23-14-22-18)29-15-21-13-25-29/h1-6,11-15H,7-10H2. The Morgan fingerprint density at radius 1 is 0.867 bits per heavy atom. The van der Waals surface area contributed by atoms with Crippen molar-refractivity contribution < 1.29 is 4.79 Å². The van der Waals surface area contributed by atoms with Gasteiger partial charge in [0, 0.05) is 50.2 Å². The van der Waals surface area contributed by atoms with Gasteiger partial charge in [0.25, 0.3) is 5.91 Å². The first-order valence-electron chi connectivity index (χ1n) is 9.59. The molecule has 5 rings (SSSR count). The van der Waals surface area contributed by atoms with Crippen molar-refractivity contribution in [1.82, 2.24) is 39.4 Å². The topological polar surface area (TPSA) is 97.9 Å². The SMILES string of the molecule is O=C(c1cccc(-n2cccn2)c1)N1CCN(c2cc(-n3cncn3)ncn2)CC1. The lowest BCUT2D eigenvalue weighted by Crippen LogP contribution is -2.49. The van der Waals surface area contributed by atoms with E-state index >= 15 is 0 Å². The van der Waals surface area contributed by atoms with Gasteiger partial charge >= 0.3 is 0 Å². The van der Waals surface area contributed by atoms with Crippen LogP contribution in [0.5, 0.6) is 0 Å². The van der Waals surface area contributed by atoms with Gasteiger partial charge in [-0.3, -0.25) is 4.79 Å². The summed E-state index contributed by atoms with van der Waals surface area (Å²) in [5, 5.41) is 8.34. The second kappa shape index (κ2) is 7.74. The number of piperazine rings is 1. The highest BCUT2D eigenvalue weighted by Crippen LogP contribution is 2.18. The number of amides is 1. The highest BCUT2D eigenvalue weighted by molar-refractivity contribution is 5.95. The average molecular weight is 401 g/mol. The zero-order valence-electron chi connectivity index (χ0n) is 16.1. The fourth-order valence-electron chi connectivity index (χ4n) is 3.49. The molecule has 0 radical (unpaired) electrons. The van der Waals surface area contributed by atoms with Gasteiger partial charge in [-0.2, -0.15) is 10.2 Å². The van der Waals surface area contributed by atoms with E-state index in [1.165, 1.54) is 12.7 Å². The third-order valence-corrected chi connectivity index (χ3v) is 5.04. The van der Waals surface area contributed by atoms with Crippen molar-refractivity contribution in [2.24, 2.45) is 0 Å².